The zero-order valence-electron chi connectivity index (χ0n) is 8.08. The lowest BCUT2D eigenvalue weighted by Gasteiger charge is -2.17. The Labute approximate surface area is 87.9 Å². The van der Waals surface area contributed by atoms with E-state index < -0.39 is 29.0 Å². The fourth-order valence-corrected chi connectivity index (χ4v) is 1.37. The monoisotopic (exact) mass is 241 g/mol. The predicted molar refractivity (Wildman–Crippen MR) is 45.5 cm³/mol. The van der Waals surface area contributed by atoms with E-state index in [1.165, 1.54) is 0 Å². The molecule has 0 heterocycles. The van der Waals surface area contributed by atoms with Crippen molar-refractivity contribution in [3.8, 4) is 0 Å². The van der Waals surface area contributed by atoms with Crippen LogP contribution in [0, 0.1) is 6.42 Å². The molecule has 1 aromatic rings. The molecule has 0 N–H and O–H groups in total. The first-order valence-corrected chi connectivity index (χ1v) is 4.24. The lowest BCUT2D eigenvalue weighted by molar-refractivity contribution is -0.143. The Balaban J connectivity index is 3.45. The van der Waals surface area contributed by atoms with Crippen molar-refractivity contribution in [3.05, 3.63) is 41.3 Å². The van der Waals surface area contributed by atoms with Crippen LogP contribution in [0.25, 0.3) is 0 Å². The van der Waals surface area contributed by atoms with E-state index >= 15 is 0 Å². The molecule has 16 heavy (non-hydrogen) atoms. The molecule has 0 unspecified atom stereocenters. The molecule has 0 nitrogen and oxygen atoms in total. The molecular weight excluding hydrogens is 234 g/mol. The van der Waals surface area contributed by atoms with E-state index in [4.69, 9.17) is 0 Å². The minimum absolute atomic E-state index is 0.630. The van der Waals surface area contributed by atoms with Crippen molar-refractivity contribution >= 4 is 0 Å². The Bertz CT molecular complexity index is 342. The van der Waals surface area contributed by atoms with Crippen LogP contribution in [0.15, 0.2) is 18.2 Å². The number of rotatable bonds is 1. The third-order valence-corrected chi connectivity index (χ3v) is 2.01. The number of alkyl halides is 6. The summed E-state index contributed by atoms with van der Waals surface area (Å²) in [6, 6.07) is 2.01. The van der Waals surface area contributed by atoms with Gasteiger partial charge >= 0.3 is 12.4 Å². The molecule has 1 radical (unpaired) electrons. The van der Waals surface area contributed by atoms with E-state index in [0.29, 0.717) is 12.1 Å². The second kappa shape index (κ2) is 3.99. The van der Waals surface area contributed by atoms with Crippen LogP contribution in [0.5, 0.6) is 0 Å². The fourth-order valence-electron chi connectivity index (χ4n) is 1.37. The summed E-state index contributed by atoms with van der Waals surface area (Å²) in [4.78, 5) is 0. The summed E-state index contributed by atoms with van der Waals surface area (Å²) in [6.45, 7) is 1.14. The van der Waals surface area contributed by atoms with Crippen LogP contribution in [-0.2, 0) is 12.4 Å². The largest absolute Gasteiger partial charge is 0.416 e. The van der Waals surface area contributed by atoms with Crippen LogP contribution in [0.1, 0.15) is 23.6 Å². The highest BCUT2D eigenvalue weighted by Gasteiger charge is 2.39. The first-order valence-electron chi connectivity index (χ1n) is 4.24. The average Bonchev–Trinajstić information content (AvgIpc) is 2.13. The number of hydrogen-bond acceptors (Lipinski definition) is 0. The maximum atomic E-state index is 12.4. The third-order valence-electron chi connectivity index (χ3n) is 2.01. The quantitative estimate of drug-likeness (QED) is 0.643. The maximum Gasteiger partial charge on any atom is 0.416 e. The number of benzene rings is 1. The summed E-state index contributed by atoms with van der Waals surface area (Å²) in [7, 11) is 0. The molecule has 0 saturated carbocycles. The standard InChI is InChI=1S/C10H7F6/c1-2-6-7(9(11,12)13)4-3-5-8(6)10(14,15)16/h2-5H,1H3. The Morgan fingerprint density at radius 2 is 1.25 bits per heavy atom. The van der Waals surface area contributed by atoms with E-state index in [2.05, 4.69) is 0 Å². The van der Waals surface area contributed by atoms with Crippen molar-refractivity contribution in [2.45, 2.75) is 19.3 Å². The molecule has 0 spiro atoms. The summed E-state index contributed by atoms with van der Waals surface area (Å²) in [5.41, 5.74) is -3.38. The predicted octanol–water partition coefficient (Wildman–Crippen LogP) is 4.30. The molecule has 0 aromatic heterocycles. The van der Waals surface area contributed by atoms with Gasteiger partial charge in [-0.15, -0.1) is 0 Å². The Morgan fingerprint density at radius 3 is 1.50 bits per heavy atom. The molecule has 0 amide bonds. The molecule has 0 saturated heterocycles. The molecule has 1 aromatic carbocycles. The summed E-state index contributed by atoms with van der Waals surface area (Å²) < 4.78 is 74.5. The molecule has 0 fully saturated rings. The lowest BCUT2D eigenvalue weighted by Crippen LogP contribution is -2.15. The van der Waals surface area contributed by atoms with Gasteiger partial charge in [-0.3, -0.25) is 0 Å². The molecule has 1 rings (SSSR count). The van der Waals surface area contributed by atoms with Crippen LogP contribution in [-0.4, -0.2) is 0 Å². The molecule has 0 aliphatic heterocycles. The topological polar surface area (TPSA) is 0 Å². The molecule has 0 atom stereocenters. The van der Waals surface area contributed by atoms with E-state index in [1.54, 1.807) is 0 Å². The molecular formula is C10H7F6. The van der Waals surface area contributed by atoms with Gasteiger partial charge in [0.1, 0.15) is 0 Å². The summed E-state index contributed by atoms with van der Waals surface area (Å²) in [5.74, 6) is 0. The van der Waals surface area contributed by atoms with E-state index in [0.717, 1.165) is 19.4 Å². The van der Waals surface area contributed by atoms with Gasteiger partial charge in [-0.05, 0) is 24.1 Å². The van der Waals surface area contributed by atoms with Gasteiger partial charge in [-0.2, -0.15) is 26.3 Å². The molecule has 89 valence electrons. The van der Waals surface area contributed by atoms with Crippen molar-refractivity contribution in [2.75, 3.05) is 0 Å². The van der Waals surface area contributed by atoms with Gasteiger partial charge in [0.2, 0.25) is 0 Å². The minimum Gasteiger partial charge on any atom is -0.166 e. The van der Waals surface area contributed by atoms with Gasteiger partial charge in [0.05, 0.1) is 11.1 Å². The first-order chi connectivity index (χ1) is 7.18. The normalized spacial score (nSPS) is 12.9. The average molecular weight is 241 g/mol. The number of halogens is 6. The third kappa shape index (κ3) is 2.48. The zero-order chi connectivity index (χ0) is 12.6. The number of hydrogen-bond donors (Lipinski definition) is 0. The Morgan fingerprint density at radius 1 is 0.875 bits per heavy atom. The van der Waals surface area contributed by atoms with Crippen LogP contribution >= 0.6 is 0 Å². The van der Waals surface area contributed by atoms with Crippen LogP contribution in [0.2, 0.25) is 0 Å². The van der Waals surface area contributed by atoms with Crippen molar-refractivity contribution in [2.24, 2.45) is 0 Å². The smallest absolute Gasteiger partial charge is 0.166 e. The second-order valence-corrected chi connectivity index (χ2v) is 3.05. The Hall–Kier alpha value is -1.20. The van der Waals surface area contributed by atoms with Gasteiger partial charge in [-0.1, -0.05) is 13.0 Å². The van der Waals surface area contributed by atoms with Gasteiger partial charge in [0.15, 0.2) is 0 Å². The zero-order valence-corrected chi connectivity index (χ0v) is 8.08. The van der Waals surface area contributed by atoms with Crippen LogP contribution in [0.4, 0.5) is 26.3 Å². The fraction of sp³-hybridized carbons (Fsp3) is 0.300. The Kier molecular flexibility index (Phi) is 3.21. The minimum atomic E-state index is -4.79. The molecule has 6 heteroatoms. The highest BCUT2D eigenvalue weighted by molar-refractivity contribution is 5.43. The van der Waals surface area contributed by atoms with Crippen molar-refractivity contribution in [3.63, 3.8) is 0 Å². The van der Waals surface area contributed by atoms with Gasteiger partial charge in [-0.25, -0.2) is 0 Å². The highest BCUT2D eigenvalue weighted by Crippen LogP contribution is 2.39. The van der Waals surface area contributed by atoms with Crippen molar-refractivity contribution in [1.82, 2.24) is 0 Å². The highest BCUT2D eigenvalue weighted by atomic mass is 19.4. The first kappa shape index (κ1) is 12.9. The van der Waals surface area contributed by atoms with Crippen molar-refractivity contribution < 1.29 is 26.3 Å². The van der Waals surface area contributed by atoms with Gasteiger partial charge in [0.25, 0.3) is 0 Å². The van der Waals surface area contributed by atoms with Gasteiger partial charge in [0, 0.05) is 0 Å². The summed E-state index contributed by atoms with van der Waals surface area (Å²) >= 11 is 0. The van der Waals surface area contributed by atoms with Gasteiger partial charge < -0.3 is 0 Å². The molecule has 0 aliphatic rings. The van der Waals surface area contributed by atoms with E-state index in [9.17, 15) is 26.3 Å². The maximum absolute atomic E-state index is 12.4. The molecule has 0 bridgehead atoms. The van der Waals surface area contributed by atoms with Crippen LogP contribution in [0.3, 0.4) is 0 Å². The summed E-state index contributed by atoms with van der Waals surface area (Å²) in [6.07, 6.45) is -8.77. The SMILES string of the molecule is C[CH]c1c(C(F)(F)F)cccc1C(F)(F)F. The van der Waals surface area contributed by atoms with Crippen molar-refractivity contribution in [1.29, 1.82) is 0 Å². The summed E-state index contributed by atoms with van der Waals surface area (Å²) in [5, 5.41) is 0. The van der Waals surface area contributed by atoms with E-state index in [1.807, 2.05) is 0 Å². The second-order valence-electron chi connectivity index (χ2n) is 3.05. The molecule has 0 aliphatic carbocycles. The van der Waals surface area contributed by atoms with Crippen LogP contribution < -0.4 is 0 Å². The van der Waals surface area contributed by atoms with E-state index in [-0.39, 0.29) is 0 Å². The lowest BCUT2D eigenvalue weighted by atomic mass is 9.98.